The van der Waals surface area contributed by atoms with Gasteiger partial charge < -0.3 is 5.11 Å². The summed E-state index contributed by atoms with van der Waals surface area (Å²) in [4.78, 5) is 0. The SMILES string of the molecule is CCCCCCCCCCCCc1c(O)ccc(CCCCCCCC)c1CCCCCCCCCC. The second-order valence-electron chi connectivity index (χ2n) is 11.9. The molecule has 0 atom stereocenters. The first-order valence-corrected chi connectivity index (χ1v) is 17.1. The molecule has 37 heavy (non-hydrogen) atoms. The molecule has 1 aromatic rings. The Bertz CT molecular complexity index is 619. The van der Waals surface area contributed by atoms with Gasteiger partial charge in [0.1, 0.15) is 5.75 Å². The van der Waals surface area contributed by atoms with Crippen molar-refractivity contribution in [3.8, 4) is 5.75 Å². The van der Waals surface area contributed by atoms with Crippen LogP contribution in [0.4, 0.5) is 0 Å². The Labute approximate surface area is 233 Å². The number of benzene rings is 1. The minimum absolute atomic E-state index is 0.567. The Hall–Kier alpha value is -0.980. The van der Waals surface area contributed by atoms with Crippen molar-refractivity contribution in [1.29, 1.82) is 0 Å². The fourth-order valence-electron chi connectivity index (χ4n) is 5.87. The maximum Gasteiger partial charge on any atom is 0.119 e. The van der Waals surface area contributed by atoms with Crippen molar-refractivity contribution < 1.29 is 5.11 Å². The van der Waals surface area contributed by atoms with Gasteiger partial charge >= 0.3 is 0 Å². The van der Waals surface area contributed by atoms with Crippen LogP contribution >= 0.6 is 0 Å². The summed E-state index contributed by atoms with van der Waals surface area (Å²) >= 11 is 0. The monoisotopic (exact) mass is 515 g/mol. The van der Waals surface area contributed by atoms with E-state index < -0.39 is 0 Å². The third-order valence-electron chi connectivity index (χ3n) is 8.36. The molecule has 1 heteroatoms. The number of unbranched alkanes of at least 4 members (excludes halogenated alkanes) is 21. The first-order valence-electron chi connectivity index (χ1n) is 17.1. The summed E-state index contributed by atoms with van der Waals surface area (Å²) in [6.07, 6.45) is 36.2. The maximum atomic E-state index is 10.9. The van der Waals surface area contributed by atoms with Crippen molar-refractivity contribution in [2.45, 2.75) is 194 Å². The van der Waals surface area contributed by atoms with E-state index in [2.05, 4.69) is 26.8 Å². The minimum atomic E-state index is 0.567. The summed E-state index contributed by atoms with van der Waals surface area (Å²) in [5.74, 6) is 0.567. The Kier molecular flexibility index (Phi) is 23.3. The number of phenolic OH excluding ortho intramolecular Hbond substituents is 1. The van der Waals surface area contributed by atoms with E-state index in [4.69, 9.17) is 0 Å². The zero-order valence-corrected chi connectivity index (χ0v) is 25.7. The lowest BCUT2D eigenvalue weighted by atomic mass is 9.89. The molecule has 216 valence electrons. The van der Waals surface area contributed by atoms with Crippen LogP contribution in [0.5, 0.6) is 5.75 Å². The molecule has 0 fully saturated rings. The van der Waals surface area contributed by atoms with Gasteiger partial charge in [0.2, 0.25) is 0 Å². The molecule has 0 unspecified atom stereocenters. The van der Waals surface area contributed by atoms with Crippen LogP contribution in [0, 0.1) is 0 Å². The van der Waals surface area contributed by atoms with Crippen LogP contribution in [0.25, 0.3) is 0 Å². The molecular formula is C36H66O. The van der Waals surface area contributed by atoms with Crippen molar-refractivity contribution in [2.24, 2.45) is 0 Å². The summed E-state index contributed by atoms with van der Waals surface area (Å²) < 4.78 is 0. The Morgan fingerprint density at radius 3 is 1.11 bits per heavy atom. The second-order valence-corrected chi connectivity index (χ2v) is 11.9. The molecule has 0 saturated carbocycles. The van der Waals surface area contributed by atoms with Gasteiger partial charge in [-0.15, -0.1) is 0 Å². The molecule has 0 aliphatic heterocycles. The molecule has 0 amide bonds. The average molecular weight is 515 g/mol. The number of phenols is 1. The van der Waals surface area contributed by atoms with Gasteiger partial charge in [0.15, 0.2) is 0 Å². The Morgan fingerprint density at radius 1 is 0.378 bits per heavy atom. The highest BCUT2D eigenvalue weighted by Gasteiger charge is 2.13. The molecule has 0 aliphatic carbocycles. The fourth-order valence-corrected chi connectivity index (χ4v) is 5.87. The molecule has 0 saturated heterocycles. The number of hydrogen-bond donors (Lipinski definition) is 1. The van der Waals surface area contributed by atoms with Crippen LogP contribution in [0.1, 0.15) is 192 Å². The van der Waals surface area contributed by atoms with E-state index in [-0.39, 0.29) is 0 Å². The van der Waals surface area contributed by atoms with Gasteiger partial charge in [0.05, 0.1) is 0 Å². The van der Waals surface area contributed by atoms with Gasteiger partial charge in [-0.05, 0) is 61.3 Å². The predicted molar refractivity (Wildman–Crippen MR) is 167 cm³/mol. The van der Waals surface area contributed by atoms with Gasteiger partial charge in [-0.25, -0.2) is 0 Å². The van der Waals surface area contributed by atoms with E-state index in [1.165, 1.54) is 178 Å². The molecule has 1 aromatic carbocycles. The molecule has 0 spiro atoms. The highest BCUT2D eigenvalue weighted by Crippen LogP contribution is 2.30. The zero-order chi connectivity index (χ0) is 26.8. The van der Waals surface area contributed by atoms with Crippen LogP contribution in [0.15, 0.2) is 12.1 Å². The highest BCUT2D eigenvalue weighted by atomic mass is 16.3. The van der Waals surface area contributed by atoms with E-state index >= 15 is 0 Å². The first-order chi connectivity index (χ1) is 18.2. The van der Waals surface area contributed by atoms with Gasteiger partial charge in [-0.1, -0.05) is 162 Å². The number of aromatic hydroxyl groups is 1. The van der Waals surface area contributed by atoms with Crippen molar-refractivity contribution in [3.63, 3.8) is 0 Å². The summed E-state index contributed by atoms with van der Waals surface area (Å²) in [6, 6.07) is 4.26. The average Bonchev–Trinajstić information content (AvgIpc) is 2.90. The smallest absolute Gasteiger partial charge is 0.119 e. The second kappa shape index (κ2) is 25.3. The third kappa shape index (κ3) is 18.0. The molecule has 0 heterocycles. The molecule has 1 rings (SSSR count). The van der Waals surface area contributed by atoms with Gasteiger partial charge in [-0.2, -0.15) is 0 Å². The van der Waals surface area contributed by atoms with Crippen LogP contribution < -0.4 is 0 Å². The van der Waals surface area contributed by atoms with E-state index in [1.807, 2.05) is 6.07 Å². The van der Waals surface area contributed by atoms with Gasteiger partial charge in [0.25, 0.3) is 0 Å². The van der Waals surface area contributed by atoms with E-state index in [0.29, 0.717) is 5.75 Å². The zero-order valence-electron chi connectivity index (χ0n) is 25.7. The standard InChI is InChI=1S/C36H66O/c1-4-7-10-13-16-18-19-21-24-27-30-35-34(29-26-23-20-17-14-11-8-5-2)33(31-32-36(35)37)28-25-22-15-12-9-6-3/h31-32,37H,4-30H2,1-3H3. The lowest BCUT2D eigenvalue weighted by molar-refractivity contribution is 0.463. The van der Waals surface area contributed by atoms with Crippen LogP contribution in [-0.2, 0) is 19.3 Å². The van der Waals surface area contributed by atoms with Crippen molar-refractivity contribution >= 4 is 0 Å². The first kappa shape index (κ1) is 34.0. The largest absolute Gasteiger partial charge is 0.508 e. The minimum Gasteiger partial charge on any atom is -0.508 e. The van der Waals surface area contributed by atoms with Crippen molar-refractivity contribution in [1.82, 2.24) is 0 Å². The summed E-state index contributed by atoms with van der Waals surface area (Å²) in [5, 5.41) is 10.9. The molecule has 1 nitrogen and oxygen atoms in total. The molecular weight excluding hydrogens is 448 g/mol. The van der Waals surface area contributed by atoms with Gasteiger partial charge in [0, 0.05) is 0 Å². The molecule has 0 radical (unpaired) electrons. The summed E-state index contributed by atoms with van der Waals surface area (Å²) in [6.45, 7) is 6.89. The quantitative estimate of drug-likeness (QED) is 0.116. The number of aryl methyl sites for hydroxylation is 1. The topological polar surface area (TPSA) is 20.2 Å². The molecule has 1 N–H and O–H groups in total. The lowest BCUT2D eigenvalue weighted by Crippen LogP contribution is -2.03. The fraction of sp³-hybridized carbons (Fsp3) is 0.833. The van der Waals surface area contributed by atoms with E-state index in [1.54, 1.807) is 5.56 Å². The Morgan fingerprint density at radius 2 is 0.703 bits per heavy atom. The van der Waals surface area contributed by atoms with Crippen molar-refractivity contribution in [2.75, 3.05) is 0 Å². The normalized spacial score (nSPS) is 11.4. The van der Waals surface area contributed by atoms with Crippen molar-refractivity contribution in [3.05, 3.63) is 28.8 Å². The predicted octanol–water partition coefficient (Wildman–Crippen LogP) is 12.4. The maximum absolute atomic E-state index is 10.9. The highest BCUT2D eigenvalue weighted by molar-refractivity contribution is 5.45. The van der Waals surface area contributed by atoms with Crippen LogP contribution in [-0.4, -0.2) is 5.11 Å². The van der Waals surface area contributed by atoms with E-state index in [0.717, 1.165) is 6.42 Å². The number of hydrogen-bond acceptors (Lipinski definition) is 1. The number of rotatable bonds is 27. The van der Waals surface area contributed by atoms with Crippen LogP contribution in [0.2, 0.25) is 0 Å². The van der Waals surface area contributed by atoms with Gasteiger partial charge in [-0.3, -0.25) is 0 Å². The Balaban J connectivity index is 2.54. The third-order valence-corrected chi connectivity index (χ3v) is 8.36. The summed E-state index contributed by atoms with van der Waals surface area (Å²) in [7, 11) is 0. The molecule has 0 aromatic heterocycles. The van der Waals surface area contributed by atoms with Crippen LogP contribution in [0.3, 0.4) is 0 Å². The van der Waals surface area contributed by atoms with E-state index in [9.17, 15) is 5.11 Å². The molecule has 0 bridgehead atoms. The lowest BCUT2D eigenvalue weighted by Gasteiger charge is -2.17. The molecule has 0 aliphatic rings. The summed E-state index contributed by atoms with van der Waals surface area (Å²) in [5.41, 5.74) is 4.36.